The zero-order chi connectivity index (χ0) is 9.30. The monoisotopic (exact) mass is 177 g/mol. The summed E-state index contributed by atoms with van der Waals surface area (Å²) in [5.74, 6) is 0. The predicted octanol–water partition coefficient (Wildman–Crippen LogP) is -3.05. The second-order valence-corrected chi connectivity index (χ2v) is 2.69. The molecule has 1 fully saturated rings. The lowest BCUT2D eigenvalue weighted by molar-refractivity contribution is -0.243. The van der Waals surface area contributed by atoms with Crippen molar-refractivity contribution in [3.05, 3.63) is 0 Å². The third kappa shape index (κ3) is 1.47. The van der Waals surface area contributed by atoms with Gasteiger partial charge in [-0.2, -0.15) is 0 Å². The van der Waals surface area contributed by atoms with Crippen molar-refractivity contribution in [1.29, 1.82) is 0 Å². The van der Waals surface area contributed by atoms with E-state index in [1.807, 2.05) is 0 Å². The highest BCUT2D eigenvalue weighted by Gasteiger charge is 2.41. The standard InChI is InChI=1S/C6H11NO5/c7-3-4(9)2(1-8)12-6(11)5(3)10/h1-6,9-11H,7H2. The van der Waals surface area contributed by atoms with Gasteiger partial charge in [-0.3, -0.25) is 0 Å². The molecule has 5 N–H and O–H groups in total. The zero-order valence-electron chi connectivity index (χ0n) is 6.20. The van der Waals surface area contributed by atoms with Crippen molar-refractivity contribution in [2.45, 2.75) is 30.6 Å². The maximum absolute atomic E-state index is 10.2. The largest absolute Gasteiger partial charge is 0.388 e. The van der Waals surface area contributed by atoms with Crippen LogP contribution in [0.4, 0.5) is 0 Å². The molecule has 0 bridgehead atoms. The molecule has 1 rings (SSSR count). The molecule has 6 heteroatoms. The molecule has 1 saturated heterocycles. The fraction of sp³-hybridized carbons (Fsp3) is 0.833. The molecule has 0 amide bonds. The molecule has 1 aliphatic rings. The smallest absolute Gasteiger partial charge is 0.183 e. The molecule has 0 aromatic heterocycles. The lowest BCUT2D eigenvalue weighted by Crippen LogP contribution is -2.61. The van der Waals surface area contributed by atoms with Crippen LogP contribution in [0.15, 0.2) is 0 Å². The summed E-state index contributed by atoms with van der Waals surface area (Å²) in [4.78, 5) is 10.2. The molecule has 1 aliphatic heterocycles. The highest BCUT2D eigenvalue weighted by molar-refractivity contribution is 5.57. The molecule has 0 aromatic rings. The van der Waals surface area contributed by atoms with E-state index in [1.165, 1.54) is 0 Å². The second kappa shape index (κ2) is 3.46. The summed E-state index contributed by atoms with van der Waals surface area (Å²) < 4.78 is 4.54. The molecule has 5 atom stereocenters. The first-order valence-corrected chi connectivity index (χ1v) is 3.48. The number of aldehydes is 1. The van der Waals surface area contributed by atoms with E-state index < -0.39 is 30.6 Å². The zero-order valence-corrected chi connectivity index (χ0v) is 6.20. The Hall–Kier alpha value is -0.530. The fourth-order valence-electron chi connectivity index (χ4n) is 1.05. The molecule has 1 heterocycles. The van der Waals surface area contributed by atoms with Crippen LogP contribution in [0.2, 0.25) is 0 Å². The molecule has 0 saturated carbocycles. The van der Waals surface area contributed by atoms with Crippen LogP contribution in [0.3, 0.4) is 0 Å². The number of carbonyl (C=O) groups excluding carboxylic acids is 1. The van der Waals surface area contributed by atoms with E-state index in [4.69, 9.17) is 15.9 Å². The van der Waals surface area contributed by atoms with E-state index in [2.05, 4.69) is 4.74 Å². The van der Waals surface area contributed by atoms with Crippen molar-refractivity contribution in [2.75, 3.05) is 0 Å². The minimum atomic E-state index is -1.52. The Kier molecular flexibility index (Phi) is 2.76. The minimum Gasteiger partial charge on any atom is -0.388 e. The number of hydrogen-bond donors (Lipinski definition) is 4. The van der Waals surface area contributed by atoms with Crippen LogP contribution in [-0.2, 0) is 9.53 Å². The molecule has 0 radical (unpaired) electrons. The lowest BCUT2D eigenvalue weighted by atomic mass is 9.98. The third-order valence-corrected chi connectivity index (χ3v) is 1.85. The highest BCUT2D eigenvalue weighted by Crippen LogP contribution is 2.16. The Labute approximate surface area is 68.6 Å². The molecule has 12 heavy (non-hydrogen) atoms. The minimum absolute atomic E-state index is 0.333. The Balaban J connectivity index is 2.70. The van der Waals surface area contributed by atoms with Crippen molar-refractivity contribution in [1.82, 2.24) is 0 Å². The van der Waals surface area contributed by atoms with Gasteiger partial charge in [0.25, 0.3) is 0 Å². The van der Waals surface area contributed by atoms with Crippen LogP contribution in [-0.4, -0.2) is 52.2 Å². The first kappa shape index (κ1) is 9.56. The van der Waals surface area contributed by atoms with E-state index in [0.29, 0.717) is 6.29 Å². The maximum atomic E-state index is 10.2. The van der Waals surface area contributed by atoms with Crippen LogP contribution in [0, 0.1) is 0 Å². The average molecular weight is 177 g/mol. The molecule has 0 spiro atoms. The van der Waals surface area contributed by atoms with Gasteiger partial charge in [0.1, 0.15) is 18.3 Å². The molecule has 6 nitrogen and oxygen atoms in total. The SMILES string of the molecule is NC1C(O)C(O)OC(C=O)C1O. The summed E-state index contributed by atoms with van der Waals surface area (Å²) in [5, 5.41) is 27.2. The van der Waals surface area contributed by atoms with Crippen molar-refractivity contribution in [3.8, 4) is 0 Å². The van der Waals surface area contributed by atoms with Crippen molar-refractivity contribution >= 4 is 6.29 Å². The first-order valence-electron chi connectivity index (χ1n) is 3.48. The molecule has 5 unspecified atom stereocenters. The number of carbonyl (C=O) groups is 1. The summed E-state index contributed by atoms with van der Waals surface area (Å²) >= 11 is 0. The summed E-state index contributed by atoms with van der Waals surface area (Å²) in [5.41, 5.74) is 5.28. The van der Waals surface area contributed by atoms with E-state index in [9.17, 15) is 9.90 Å². The number of rotatable bonds is 1. The lowest BCUT2D eigenvalue weighted by Gasteiger charge is -2.36. The van der Waals surface area contributed by atoms with Crippen LogP contribution in [0.1, 0.15) is 0 Å². The average Bonchev–Trinajstić information content (AvgIpc) is 2.08. The van der Waals surface area contributed by atoms with Crippen molar-refractivity contribution < 1.29 is 24.9 Å². The Morgan fingerprint density at radius 2 is 1.83 bits per heavy atom. The van der Waals surface area contributed by atoms with E-state index >= 15 is 0 Å². The Bertz CT molecular complexity index is 175. The van der Waals surface area contributed by atoms with Crippen molar-refractivity contribution in [2.24, 2.45) is 5.73 Å². The van der Waals surface area contributed by atoms with Crippen LogP contribution < -0.4 is 5.73 Å². The van der Waals surface area contributed by atoms with Gasteiger partial charge in [-0.1, -0.05) is 0 Å². The normalized spacial score (nSPS) is 48.8. The summed E-state index contributed by atoms with van der Waals surface area (Å²) in [6, 6.07) is -1.07. The second-order valence-electron chi connectivity index (χ2n) is 2.69. The van der Waals surface area contributed by atoms with E-state index in [1.54, 1.807) is 0 Å². The van der Waals surface area contributed by atoms with Crippen LogP contribution >= 0.6 is 0 Å². The molecule has 70 valence electrons. The van der Waals surface area contributed by atoms with E-state index in [-0.39, 0.29) is 0 Å². The predicted molar refractivity (Wildman–Crippen MR) is 36.9 cm³/mol. The van der Waals surface area contributed by atoms with Gasteiger partial charge in [-0.05, 0) is 0 Å². The molecule has 0 aliphatic carbocycles. The quantitative estimate of drug-likeness (QED) is 0.316. The summed E-state index contributed by atoms with van der Waals surface area (Å²) in [6.07, 6.45) is -4.99. The first-order chi connectivity index (χ1) is 5.57. The summed E-state index contributed by atoms with van der Waals surface area (Å²) in [6.45, 7) is 0. The molecular weight excluding hydrogens is 166 g/mol. The van der Waals surface area contributed by atoms with Crippen molar-refractivity contribution in [3.63, 3.8) is 0 Å². The topological polar surface area (TPSA) is 113 Å². The number of nitrogens with two attached hydrogens (primary N) is 1. The van der Waals surface area contributed by atoms with Gasteiger partial charge < -0.3 is 30.6 Å². The van der Waals surface area contributed by atoms with Gasteiger partial charge in [-0.25, -0.2) is 0 Å². The number of hydrogen-bond acceptors (Lipinski definition) is 6. The van der Waals surface area contributed by atoms with Gasteiger partial charge >= 0.3 is 0 Å². The van der Waals surface area contributed by atoms with Gasteiger partial charge in [0, 0.05) is 0 Å². The van der Waals surface area contributed by atoms with Gasteiger partial charge in [-0.15, -0.1) is 0 Å². The van der Waals surface area contributed by atoms with Crippen LogP contribution in [0.25, 0.3) is 0 Å². The number of aliphatic hydroxyl groups is 3. The van der Waals surface area contributed by atoms with E-state index in [0.717, 1.165) is 0 Å². The highest BCUT2D eigenvalue weighted by atomic mass is 16.6. The maximum Gasteiger partial charge on any atom is 0.183 e. The Morgan fingerprint density at radius 1 is 1.25 bits per heavy atom. The Morgan fingerprint density at radius 3 is 2.33 bits per heavy atom. The molecular formula is C6H11NO5. The number of aliphatic hydroxyl groups excluding tert-OH is 3. The van der Waals surface area contributed by atoms with Gasteiger partial charge in [0.15, 0.2) is 12.6 Å². The summed E-state index contributed by atoms with van der Waals surface area (Å²) in [7, 11) is 0. The fourth-order valence-corrected chi connectivity index (χ4v) is 1.05. The van der Waals surface area contributed by atoms with Gasteiger partial charge in [0.2, 0.25) is 0 Å². The number of ether oxygens (including phenoxy) is 1. The van der Waals surface area contributed by atoms with Gasteiger partial charge in [0.05, 0.1) is 6.04 Å². The van der Waals surface area contributed by atoms with Crippen LogP contribution in [0.5, 0.6) is 0 Å². The molecule has 0 aromatic carbocycles. The third-order valence-electron chi connectivity index (χ3n) is 1.85.